The molecule has 2 aliphatic rings. The average molecular weight is 496 g/mol. The predicted molar refractivity (Wildman–Crippen MR) is 139 cm³/mol. The molecule has 3 aromatic heterocycles. The standard InChI is InChI=1S/C28H29N7O2/c1-27(17-35-19-30-24-9-8-21(29-2)12-25(24)35)10-5-11-28(16-27)18-34(26(36)37-28)15-22-6-4-7-23(32-22)20-13-31-33(3)14-20/h4,6-9,12-14,19H,5,10-11,15-18H2,1,3H3/t27-,28-/m0/s1. The van der Waals surface area contributed by atoms with Crippen LogP contribution in [0, 0.1) is 12.0 Å². The number of aromatic nitrogens is 5. The van der Waals surface area contributed by atoms with E-state index in [0.717, 1.165) is 60.2 Å². The Bertz CT molecular complexity index is 1530. The van der Waals surface area contributed by atoms with Gasteiger partial charge in [0.1, 0.15) is 5.60 Å². The highest BCUT2D eigenvalue weighted by molar-refractivity contribution is 5.79. The van der Waals surface area contributed by atoms with E-state index in [4.69, 9.17) is 16.3 Å². The lowest BCUT2D eigenvalue weighted by Crippen LogP contribution is -2.44. The lowest BCUT2D eigenvalue weighted by Gasteiger charge is -2.43. The van der Waals surface area contributed by atoms with Crippen LogP contribution in [0.25, 0.3) is 27.1 Å². The van der Waals surface area contributed by atoms with Gasteiger partial charge in [-0.2, -0.15) is 5.10 Å². The van der Waals surface area contributed by atoms with E-state index in [-0.39, 0.29) is 11.5 Å². The van der Waals surface area contributed by atoms with Crippen molar-refractivity contribution >= 4 is 22.8 Å². The molecule has 1 aliphatic heterocycles. The summed E-state index contributed by atoms with van der Waals surface area (Å²) in [4.78, 5) is 27.7. The number of ether oxygens (including phenoxy) is 1. The summed E-state index contributed by atoms with van der Waals surface area (Å²) in [6.07, 6.45) is 9.00. The van der Waals surface area contributed by atoms with Gasteiger partial charge in [-0.1, -0.05) is 19.1 Å². The van der Waals surface area contributed by atoms with Crippen molar-refractivity contribution < 1.29 is 9.53 Å². The third kappa shape index (κ3) is 4.44. The van der Waals surface area contributed by atoms with Crippen molar-refractivity contribution in [1.82, 2.24) is 29.2 Å². The van der Waals surface area contributed by atoms with Gasteiger partial charge in [0.2, 0.25) is 0 Å². The van der Waals surface area contributed by atoms with Crippen LogP contribution in [-0.4, -0.2) is 47.5 Å². The molecule has 188 valence electrons. The Labute approximate surface area is 215 Å². The number of carbonyl (C=O) groups excluding carboxylic acids is 1. The Kier molecular flexibility index (Phi) is 5.48. The molecule has 4 aromatic rings. The molecule has 9 heteroatoms. The van der Waals surface area contributed by atoms with Gasteiger partial charge in [-0.15, -0.1) is 0 Å². The zero-order chi connectivity index (χ0) is 25.6. The molecule has 1 amide bonds. The number of hydrogen-bond donors (Lipinski definition) is 0. The van der Waals surface area contributed by atoms with Crippen LogP contribution in [0.4, 0.5) is 10.5 Å². The minimum atomic E-state index is -0.497. The molecule has 1 saturated heterocycles. The topological polar surface area (TPSA) is 82.4 Å². The van der Waals surface area contributed by atoms with Crippen LogP contribution in [0.3, 0.4) is 0 Å². The number of benzene rings is 1. The minimum Gasteiger partial charge on any atom is -0.441 e. The first kappa shape index (κ1) is 23.2. The van der Waals surface area contributed by atoms with Crippen molar-refractivity contribution in [3.8, 4) is 11.3 Å². The number of imidazole rings is 1. The van der Waals surface area contributed by atoms with E-state index in [1.54, 1.807) is 21.8 Å². The van der Waals surface area contributed by atoms with Crippen LogP contribution in [0.2, 0.25) is 0 Å². The molecular weight excluding hydrogens is 466 g/mol. The van der Waals surface area contributed by atoms with Gasteiger partial charge >= 0.3 is 6.09 Å². The predicted octanol–water partition coefficient (Wildman–Crippen LogP) is 5.35. The number of nitrogens with zero attached hydrogens (tertiary/aromatic N) is 7. The second kappa shape index (κ2) is 8.73. The number of fused-ring (bicyclic) bond motifs is 1. The van der Waals surface area contributed by atoms with E-state index in [9.17, 15) is 4.79 Å². The number of aryl methyl sites for hydroxylation is 1. The first-order valence-electron chi connectivity index (χ1n) is 12.6. The third-order valence-corrected chi connectivity index (χ3v) is 7.65. The zero-order valence-electron chi connectivity index (χ0n) is 21.1. The Morgan fingerprint density at radius 3 is 2.92 bits per heavy atom. The average Bonchev–Trinajstić information content (AvgIpc) is 3.56. The molecule has 4 heterocycles. The zero-order valence-corrected chi connectivity index (χ0v) is 21.1. The highest BCUT2D eigenvalue weighted by atomic mass is 16.6. The van der Waals surface area contributed by atoms with E-state index >= 15 is 0 Å². The minimum absolute atomic E-state index is 0.0608. The Balaban J connectivity index is 1.19. The largest absolute Gasteiger partial charge is 0.441 e. The summed E-state index contributed by atoms with van der Waals surface area (Å²) in [5.41, 5.74) is 4.53. The molecule has 0 bridgehead atoms. The molecule has 2 fully saturated rings. The molecule has 9 nitrogen and oxygen atoms in total. The molecule has 2 atom stereocenters. The summed E-state index contributed by atoms with van der Waals surface area (Å²) >= 11 is 0. The SMILES string of the molecule is [C-]#[N+]c1ccc2ncn(C[C@@]3(C)CCC[C@@]4(CN(Cc5cccc(-c6cnn(C)c6)n5)C(=O)O4)C3)c2c1. The second-order valence-corrected chi connectivity index (χ2v) is 10.8. The Morgan fingerprint density at radius 1 is 1.22 bits per heavy atom. The van der Waals surface area contributed by atoms with E-state index in [1.165, 1.54) is 0 Å². The van der Waals surface area contributed by atoms with Gasteiger partial charge in [0.15, 0.2) is 5.69 Å². The van der Waals surface area contributed by atoms with Gasteiger partial charge < -0.3 is 9.30 Å². The number of pyridine rings is 1. The van der Waals surface area contributed by atoms with Crippen LogP contribution >= 0.6 is 0 Å². The summed E-state index contributed by atoms with van der Waals surface area (Å²) in [6.45, 7) is 11.4. The molecule has 1 spiro atoms. The highest BCUT2D eigenvalue weighted by Crippen LogP contribution is 2.47. The van der Waals surface area contributed by atoms with Gasteiger partial charge in [0.25, 0.3) is 0 Å². The van der Waals surface area contributed by atoms with Crippen LogP contribution in [-0.2, 0) is 24.9 Å². The Hall–Kier alpha value is -4.19. The first-order valence-corrected chi connectivity index (χ1v) is 12.6. The number of carbonyl (C=O) groups is 1. The molecule has 1 saturated carbocycles. The van der Waals surface area contributed by atoms with Crippen LogP contribution < -0.4 is 0 Å². The van der Waals surface area contributed by atoms with Crippen molar-refractivity contribution in [2.75, 3.05) is 6.54 Å². The number of rotatable bonds is 5. The maximum Gasteiger partial charge on any atom is 0.410 e. The molecule has 1 aromatic carbocycles. The van der Waals surface area contributed by atoms with E-state index < -0.39 is 5.60 Å². The molecule has 1 aliphatic carbocycles. The fourth-order valence-corrected chi connectivity index (χ4v) is 6.09. The lowest BCUT2D eigenvalue weighted by atomic mass is 9.68. The van der Waals surface area contributed by atoms with Crippen molar-refractivity contribution in [3.05, 3.63) is 72.2 Å². The maximum absolute atomic E-state index is 13.0. The second-order valence-electron chi connectivity index (χ2n) is 10.8. The van der Waals surface area contributed by atoms with E-state index in [0.29, 0.717) is 18.8 Å². The summed E-state index contributed by atoms with van der Waals surface area (Å²) in [5, 5.41) is 4.23. The summed E-state index contributed by atoms with van der Waals surface area (Å²) in [7, 11) is 1.88. The first-order chi connectivity index (χ1) is 17.8. The van der Waals surface area contributed by atoms with Crippen LogP contribution in [0.5, 0.6) is 0 Å². The monoisotopic (exact) mass is 495 g/mol. The lowest BCUT2D eigenvalue weighted by molar-refractivity contribution is -0.0270. The summed E-state index contributed by atoms with van der Waals surface area (Å²) in [6, 6.07) is 11.5. The molecule has 0 unspecified atom stereocenters. The van der Waals surface area contributed by atoms with Crippen molar-refractivity contribution in [2.45, 2.75) is 51.3 Å². The smallest absolute Gasteiger partial charge is 0.410 e. The van der Waals surface area contributed by atoms with Gasteiger partial charge in [0, 0.05) is 25.4 Å². The fraction of sp³-hybridized carbons (Fsp3) is 0.393. The van der Waals surface area contributed by atoms with Crippen molar-refractivity contribution in [2.24, 2.45) is 12.5 Å². The van der Waals surface area contributed by atoms with E-state index in [1.807, 2.05) is 49.9 Å². The van der Waals surface area contributed by atoms with Crippen molar-refractivity contribution in [3.63, 3.8) is 0 Å². The Morgan fingerprint density at radius 2 is 2.11 bits per heavy atom. The van der Waals surface area contributed by atoms with Gasteiger partial charge in [0.05, 0.1) is 54.6 Å². The van der Waals surface area contributed by atoms with Gasteiger partial charge in [-0.25, -0.2) is 14.6 Å². The van der Waals surface area contributed by atoms with Crippen molar-refractivity contribution in [1.29, 1.82) is 0 Å². The highest BCUT2D eigenvalue weighted by Gasteiger charge is 2.51. The molecule has 0 radical (unpaired) electrons. The number of hydrogen-bond acceptors (Lipinski definition) is 5. The fourth-order valence-electron chi connectivity index (χ4n) is 6.09. The van der Waals surface area contributed by atoms with Crippen LogP contribution in [0.15, 0.2) is 55.1 Å². The van der Waals surface area contributed by atoms with Crippen LogP contribution in [0.1, 0.15) is 38.3 Å². The molecule has 0 N–H and O–H groups in total. The summed E-state index contributed by atoms with van der Waals surface area (Å²) < 4.78 is 10.0. The summed E-state index contributed by atoms with van der Waals surface area (Å²) in [5.74, 6) is 0. The van der Waals surface area contributed by atoms with Gasteiger partial charge in [-0.3, -0.25) is 14.6 Å². The van der Waals surface area contributed by atoms with Gasteiger partial charge in [-0.05, 0) is 55.4 Å². The quantitative estimate of drug-likeness (QED) is 0.349. The third-order valence-electron chi connectivity index (χ3n) is 7.65. The van der Waals surface area contributed by atoms with E-state index in [2.05, 4.69) is 26.4 Å². The molecule has 6 rings (SSSR count). The maximum atomic E-state index is 13.0. The molecule has 37 heavy (non-hydrogen) atoms. The number of amides is 1. The molecular formula is C28H29N7O2. The normalized spacial score (nSPS) is 23.5.